The molecule has 1 aliphatic rings. The average Bonchev–Trinajstić information content (AvgIpc) is 3.36. The van der Waals surface area contributed by atoms with Crippen molar-refractivity contribution in [1.29, 1.82) is 0 Å². The van der Waals surface area contributed by atoms with Crippen LogP contribution in [0.25, 0.3) is 22.2 Å². The molecule has 190 valence electrons. The molecule has 1 fully saturated rings. The lowest BCUT2D eigenvalue weighted by Crippen LogP contribution is -2.31. The number of likely N-dealkylation sites (N-methyl/N-ethyl adjacent to an activating group) is 1. The molecule has 1 amide bonds. The number of ether oxygens (including phenoxy) is 1. The molecule has 1 N–H and O–H groups in total. The molecule has 5 rings (SSSR count). The van der Waals surface area contributed by atoms with Crippen LogP contribution in [-0.4, -0.2) is 42.0 Å². The Morgan fingerprint density at radius 2 is 1.73 bits per heavy atom. The van der Waals surface area contributed by atoms with Crippen LogP contribution in [0.5, 0.6) is 0 Å². The number of fused-ring (bicyclic) bond motifs is 1. The van der Waals surface area contributed by atoms with E-state index < -0.39 is 0 Å². The smallest absolute Gasteiger partial charge is 0.252 e. The summed E-state index contributed by atoms with van der Waals surface area (Å²) >= 11 is 0. The van der Waals surface area contributed by atoms with Crippen molar-refractivity contribution >= 4 is 16.8 Å². The van der Waals surface area contributed by atoms with E-state index in [2.05, 4.69) is 36.3 Å². The van der Waals surface area contributed by atoms with Gasteiger partial charge in [-0.25, -0.2) is 4.98 Å². The van der Waals surface area contributed by atoms with E-state index in [4.69, 9.17) is 9.72 Å². The van der Waals surface area contributed by atoms with Crippen molar-refractivity contribution in [2.75, 3.05) is 20.2 Å². The summed E-state index contributed by atoms with van der Waals surface area (Å²) in [5.41, 5.74) is 5.18. The van der Waals surface area contributed by atoms with E-state index in [1.54, 1.807) is 0 Å². The number of nitrogens with zero attached hydrogens (tertiary/aromatic N) is 2. The highest BCUT2D eigenvalue weighted by Crippen LogP contribution is 2.32. The summed E-state index contributed by atoms with van der Waals surface area (Å²) in [6.45, 7) is 4.17. The zero-order chi connectivity index (χ0) is 25.6. The second-order valence-electron chi connectivity index (χ2n) is 9.83. The third-order valence-corrected chi connectivity index (χ3v) is 7.41. The highest BCUT2D eigenvalue weighted by molar-refractivity contribution is 6.09. The number of para-hydroxylation sites is 1. The van der Waals surface area contributed by atoms with Gasteiger partial charge in [-0.1, -0.05) is 85.8 Å². The van der Waals surface area contributed by atoms with Gasteiger partial charge in [-0.05, 0) is 44.5 Å². The standard InChI is InChI=1S/C32H35N3O2/c1-3-28(23-13-6-4-7-14-23)34-32(36)30-26-18-10-11-19-29(26)33-31(24-15-8-5-9-16-24)27(30)22-37-21-25-17-12-20-35(25)2/h4-11,13-16,18-19,25,28H,3,12,17,20-22H2,1-2H3,(H,34,36)/t25-,28-/m0/s1. The molecule has 3 aromatic carbocycles. The quantitative estimate of drug-likeness (QED) is 0.293. The molecule has 4 aromatic rings. The Morgan fingerprint density at radius 1 is 1.03 bits per heavy atom. The maximum atomic E-state index is 14.1. The number of amides is 1. The summed E-state index contributed by atoms with van der Waals surface area (Å²) in [6.07, 6.45) is 3.13. The first-order valence-electron chi connectivity index (χ1n) is 13.3. The third-order valence-electron chi connectivity index (χ3n) is 7.41. The molecule has 1 aliphatic heterocycles. The summed E-state index contributed by atoms with van der Waals surface area (Å²) in [4.78, 5) is 21.5. The second-order valence-corrected chi connectivity index (χ2v) is 9.83. The van der Waals surface area contributed by atoms with Crippen LogP contribution in [0, 0.1) is 0 Å². The number of benzene rings is 3. The summed E-state index contributed by atoms with van der Waals surface area (Å²) < 4.78 is 6.33. The van der Waals surface area contributed by atoms with Crippen LogP contribution in [0.2, 0.25) is 0 Å². The van der Waals surface area contributed by atoms with Gasteiger partial charge in [0.2, 0.25) is 0 Å². The summed E-state index contributed by atoms with van der Waals surface area (Å²) in [7, 11) is 2.15. The van der Waals surface area contributed by atoms with E-state index in [-0.39, 0.29) is 11.9 Å². The van der Waals surface area contributed by atoms with Crippen LogP contribution in [0.15, 0.2) is 84.9 Å². The van der Waals surface area contributed by atoms with E-state index in [1.807, 2.05) is 72.8 Å². The van der Waals surface area contributed by atoms with Crippen molar-refractivity contribution < 1.29 is 9.53 Å². The van der Waals surface area contributed by atoms with E-state index in [0.717, 1.165) is 52.7 Å². The molecule has 5 heteroatoms. The molecular weight excluding hydrogens is 458 g/mol. The third kappa shape index (κ3) is 5.58. The molecule has 0 spiro atoms. The van der Waals surface area contributed by atoms with Crippen LogP contribution in [0.4, 0.5) is 0 Å². The number of carbonyl (C=O) groups excluding carboxylic acids is 1. The SMILES string of the molecule is CC[C@H](NC(=O)c1c(COC[C@@H]2CCCN2C)c(-c2ccccc2)nc2ccccc12)c1ccccc1. The zero-order valence-corrected chi connectivity index (χ0v) is 21.7. The van der Waals surface area contributed by atoms with E-state index >= 15 is 0 Å². The largest absolute Gasteiger partial charge is 0.375 e. The van der Waals surface area contributed by atoms with Crippen LogP contribution in [0.3, 0.4) is 0 Å². The molecule has 0 bridgehead atoms. The van der Waals surface area contributed by atoms with Crippen molar-refractivity contribution in [3.63, 3.8) is 0 Å². The number of aromatic nitrogens is 1. The van der Waals surface area contributed by atoms with E-state index in [9.17, 15) is 4.79 Å². The minimum absolute atomic E-state index is 0.0818. The van der Waals surface area contributed by atoms with Crippen LogP contribution < -0.4 is 5.32 Å². The molecule has 0 aliphatic carbocycles. The Bertz CT molecular complexity index is 1340. The van der Waals surface area contributed by atoms with Gasteiger partial charge in [0.05, 0.1) is 36.0 Å². The summed E-state index contributed by atoms with van der Waals surface area (Å²) in [6, 6.07) is 28.5. The number of carbonyl (C=O) groups is 1. The maximum Gasteiger partial charge on any atom is 0.252 e. The first kappa shape index (κ1) is 25.1. The fourth-order valence-electron chi connectivity index (χ4n) is 5.31. The normalized spacial score (nSPS) is 16.6. The minimum Gasteiger partial charge on any atom is -0.375 e. The number of likely N-dealkylation sites (tertiary alicyclic amines) is 1. The molecule has 0 saturated carbocycles. The molecule has 1 saturated heterocycles. The van der Waals surface area contributed by atoms with Crippen molar-refractivity contribution in [2.45, 2.75) is 44.9 Å². The topological polar surface area (TPSA) is 54.5 Å². The molecule has 1 aromatic heterocycles. The molecule has 2 atom stereocenters. The Labute approximate surface area is 219 Å². The van der Waals surface area contributed by atoms with Gasteiger partial charge in [-0.3, -0.25) is 4.79 Å². The lowest BCUT2D eigenvalue weighted by Gasteiger charge is -2.23. The molecular formula is C32H35N3O2. The number of pyridine rings is 1. The van der Waals surface area contributed by atoms with Crippen LogP contribution in [0.1, 0.15) is 53.7 Å². The number of rotatable bonds is 9. The molecule has 0 unspecified atom stereocenters. The van der Waals surface area contributed by atoms with Gasteiger partial charge in [0.25, 0.3) is 5.91 Å². The molecule has 2 heterocycles. The lowest BCUT2D eigenvalue weighted by atomic mass is 9.95. The van der Waals surface area contributed by atoms with E-state index in [1.165, 1.54) is 6.42 Å². The summed E-state index contributed by atoms with van der Waals surface area (Å²) in [5.74, 6) is -0.0944. The predicted octanol–water partition coefficient (Wildman–Crippen LogP) is 6.39. The van der Waals surface area contributed by atoms with Crippen LogP contribution in [-0.2, 0) is 11.3 Å². The second kappa shape index (κ2) is 11.7. The van der Waals surface area contributed by atoms with Crippen LogP contribution >= 0.6 is 0 Å². The van der Waals surface area contributed by atoms with Gasteiger partial charge >= 0.3 is 0 Å². The molecule has 5 nitrogen and oxygen atoms in total. The fraction of sp³-hybridized carbons (Fsp3) is 0.312. The first-order chi connectivity index (χ1) is 18.2. The minimum atomic E-state index is -0.0944. The first-order valence-corrected chi connectivity index (χ1v) is 13.3. The van der Waals surface area contributed by atoms with Gasteiger partial charge in [-0.2, -0.15) is 0 Å². The van der Waals surface area contributed by atoms with Gasteiger partial charge in [0.15, 0.2) is 0 Å². The highest BCUT2D eigenvalue weighted by Gasteiger charge is 2.25. The van der Waals surface area contributed by atoms with Gasteiger partial charge < -0.3 is 15.0 Å². The Balaban J connectivity index is 1.57. The maximum absolute atomic E-state index is 14.1. The van der Waals surface area contributed by atoms with Gasteiger partial charge in [-0.15, -0.1) is 0 Å². The Hall–Kier alpha value is -3.54. The zero-order valence-electron chi connectivity index (χ0n) is 21.7. The van der Waals surface area contributed by atoms with Gasteiger partial charge in [0.1, 0.15) is 0 Å². The Kier molecular flexibility index (Phi) is 7.93. The number of nitrogens with one attached hydrogen (secondary N) is 1. The number of hydrogen-bond donors (Lipinski definition) is 1. The van der Waals surface area contributed by atoms with Crippen molar-refractivity contribution in [3.8, 4) is 11.3 Å². The molecule has 0 radical (unpaired) electrons. The van der Waals surface area contributed by atoms with Crippen molar-refractivity contribution in [1.82, 2.24) is 15.2 Å². The van der Waals surface area contributed by atoms with Crippen molar-refractivity contribution in [2.24, 2.45) is 0 Å². The Morgan fingerprint density at radius 3 is 2.43 bits per heavy atom. The number of hydrogen-bond acceptors (Lipinski definition) is 4. The predicted molar refractivity (Wildman–Crippen MR) is 149 cm³/mol. The van der Waals surface area contributed by atoms with Crippen molar-refractivity contribution in [3.05, 3.63) is 102 Å². The monoisotopic (exact) mass is 493 g/mol. The summed E-state index contributed by atoms with van der Waals surface area (Å²) in [5, 5.41) is 4.17. The lowest BCUT2D eigenvalue weighted by molar-refractivity contribution is 0.0737. The average molecular weight is 494 g/mol. The highest BCUT2D eigenvalue weighted by atomic mass is 16.5. The van der Waals surface area contributed by atoms with Gasteiger partial charge in [0, 0.05) is 22.6 Å². The molecule has 37 heavy (non-hydrogen) atoms. The van der Waals surface area contributed by atoms with E-state index in [0.29, 0.717) is 24.8 Å². The fourth-order valence-corrected chi connectivity index (χ4v) is 5.31.